The Balaban J connectivity index is 1.26. The predicted molar refractivity (Wildman–Crippen MR) is 158 cm³/mol. The van der Waals surface area contributed by atoms with E-state index in [1.807, 2.05) is 0 Å². The van der Waals surface area contributed by atoms with Gasteiger partial charge in [-0.2, -0.15) is 0 Å². The molecule has 41 heavy (non-hydrogen) atoms. The summed E-state index contributed by atoms with van der Waals surface area (Å²) >= 11 is 0. The van der Waals surface area contributed by atoms with E-state index in [9.17, 15) is 9.18 Å². The molecule has 8 heteroatoms. The molecule has 232 valence electrons. The minimum atomic E-state index is -0.678. The summed E-state index contributed by atoms with van der Waals surface area (Å²) in [5.74, 6) is 2.14. The van der Waals surface area contributed by atoms with Crippen molar-refractivity contribution in [2.45, 2.75) is 128 Å². The van der Waals surface area contributed by atoms with Gasteiger partial charge in [0.1, 0.15) is 6.17 Å². The summed E-state index contributed by atoms with van der Waals surface area (Å²) in [6, 6.07) is 0.446. The highest BCUT2D eigenvalue weighted by molar-refractivity contribution is 5.78. The van der Waals surface area contributed by atoms with Gasteiger partial charge in [-0.25, -0.2) is 4.39 Å². The number of nitrogens with zero attached hydrogens (tertiary/aromatic N) is 2. The van der Waals surface area contributed by atoms with E-state index in [1.54, 1.807) is 14.2 Å². The maximum absolute atomic E-state index is 14.2. The minimum absolute atomic E-state index is 0.0238. The molecule has 4 aliphatic rings. The van der Waals surface area contributed by atoms with E-state index >= 15 is 0 Å². The third kappa shape index (κ3) is 7.65. The first-order valence-corrected chi connectivity index (χ1v) is 16.6. The van der Waals surface area contributed by atoms with Crippen LogP contribution < -0.4 is 10.9 Å². The Morgan fingerprint density at radius 2 is 1.66 bits per heavy atom. The van der Waals surface area contributed by atoms with Crippen molar-refractivity contribution < 1.29 is 18.7 Å². The Kier molecular flexibility index (Phi) is 10.7. The molecule has 1 heterocycles. The highest BCUT2D eigenvalue weighted by Gasteiger charge is 2.40. The van der Waals surface area contributed by atoms with Crippen molar-refractivity contribution in [3.05, 3.63) is 18.0 Å². The minimum Gasteiger partial charge on any atom is -0.381 e. The molecule has 0 bridgehead atoms. The predicted octanol–water partition coefficient (Wildman–Crippen LogP) is 6.03. The van der Waals surface area contributed by atoms with Crippen molar-refractivity contribution in [2.24, 2.45) is 35.5 Å². The molecule has 0 spiro atoms. The summed E-state index contributed by atoms with van der Waals surface area (Å²) < 4.78 is 29.8. The molecule has 1 amide bonds. The third-order valence-electron chi connectivity index (χ3n) is 11.3. The number of alkyl halides is 1. The average Bonchev–Trinajstić information content (AvgIpc) is 3.35. The highest BCUT2D eigenvalue weighted by atomic mass is 19.1. The Morgan fingerprint density at radius 3 is 2.34 bits per heavy atom. The molecule has 5 rings (SSSR count). The van der Waals surface area contributed by atoms with Gasteiger partial charge in [0.05, 0.1) is 12.2 Å². The van der Waals surface area contributed by atoms with E-state index in [-0.39, 0.29) is 24.0 Å². The van der Waals surface area contributed by atoms with Gasteiger partial charge in [0.2, 0.25) is 11.5 Å². The zero-order chi connectivity index (χ0) is 28.9. The van der Waals surface area contributed by atoms with Crippen molar-refractivity contribution in [1.82, 2.24) is 14.5 Å². The fourth-order valence-corrected chi connectivity index (χ4v) is 9.04. The van der Waals surface area contributed by atoms with Crippen LogP contribution in [0.5, 0.6) is 0 Å². The first-order valence-electron chi connectivity index (χ1n) is 16.6. The van der Waals surface area contributed by atoms with E-state index in [4.69, 9.17) is 14.9 Å². The Bertz CT molecular complexity index is 1020. The van der Waals surface area contributed by atoms with Crippen LogP contribution in [0.3, 0.4) is 0 Å². The number of hydrogen-bond acceptors (Lipinski definition) is 4. The molecular formula is C33H55FN4O3. The number of carbonyl (C=O) groups excluding carboxylic acids is 1. The van der Waals surface area contributed by atoms with Crippen LogP contribution in [-0.2, 0) is 20.8 Å². The van der Waals surface area contributed by atoms with Crippen LogP contribution in [0, 0.1) is 40.9 Å². The maximum Gasteiger partial charge on any atom is 0.223 e. The number of nitrogens with one attached hydrogen (secondary N) is 2. The number of methoxy groups -OCH3 is 2. The third-order valence-corrected chi connectivity index (χ3v) is 11.3. The number of ether oxygens (including phenoxy) is 2. The second-order valence-electron chi connectivity index (χ2n) is 14.1. The first-order chi connectivity index (χ1) is 19.8. The van der Waals surface area contributed by atoms with Crippen LogP contribution in [0.2, 0.25) is 0 Å². The molecule has 0 radical (unpaired) electrons. The standard InChI is InChI=1S/C33H55FN4O3/c1-22-13-27(34)9-10-31(22)25-14-24(21-37-11-12-38(33(37)35)28-7-5-4-6-8-28)15-26(18-25)32(39)36-20-23-16-29(40-2)19-30(17-23)41-3/h11-12,22-31,35H,4-10,13-21H2,1-3H3,(H,36,39). The van der Waals surface area contributed by atoms with E-state index in [0.717, 1.165) is 51.5 Å². The van der Waals surface area contributed by atoms with E-state index in [2.05, 4.69) is 33.8 Å². The van der Waals surface area contributed by atoms with Gasteiger partial charge in [0.15, 0.2) is 0 Å². The molecule has 4 aliphatic carbocycles. The number of halogens is 1. The first kappa shape index (κ1) is 30.8. The molecule has 4 fully saturated rings. The Hall–Kier alpha value is -1.67. The summed E-state index contributed by atoms with van der Waals surface area (Å²) in [5.41, 5.74) is 0.601. The molecule has 7 nitrogen and oxygen atoms in total. The van der Waals surface area contributed by atoms with Gasteiger partial charge in [-0.15, -0.1) is 0 Å². The molecule has 8 unspecified atom stereocenters. The molecular weight excluding hydrogens is 519 g/mol. The number of aromatic nitrogens is 2. The fraction of sp³-hybridized carbons (Fsp3) is 0.879. The number of rotatable bonds is 9. The van der Waals surface area contributed by atoms with Crippen LogP contribution in [0.15, 0.2) is 12.4 Å². The summed E-state index contributed by atoms with van der Waals surface area (Å²) in [4.78, 5) is 13.7. The van der Waals surface area contributed by atoms with Gasteiger partial charge < -0.3 is 23.9 Å². The second kappa shape index (κ2) is 14.2. The van der Waals surface area contributed by atoms with Crippen molar-refractivity contribution in [2.75, 3.05) is 20.8 Å². The van der Waals surface area contributed by atoms with Crippen molar-refractivity contribution in [3.63, 3.8) is 0 Å². The summed E-state index contributed by atoms with van der Waals surface area (Å²) in [7, 11) is 3.53. The molecule has 4 saturated carbocycles. The lowest BCUT2D eigenvalue weighted by atomic mass is 9.63. The molecule has 0 aromatic carbocycles. The van der Waals surface area contributed by atoms with E-state index < -0.39 is 6.17 Å². The van der Waals surface area contributed by atoms with Crippen LogP contribution >= 0.6 is 0 Å². The number of carbonyl (C=O) groups is 1. The summed E-state index contributed by atoms with van der Waals surface area (Å²) in [6.45, 7) is 3.68. The van der Waals surface area contributed by atoms with Gasteiger partial charge in [-0.05, 0) is 100 Å². The fourth-order valence-electron chi connectivity index (χ4n) is 9.04. The zero-order valence-corrected chi connectivity index (χ0v) is 25.7. The van der Waals surface area contributed by atoms with Crippen molar-refractivity contribution in [3.8, 4) is 0 Å². The van der Waals surface area contributed by atoms with Gasteiger partial charge in [-0.3, -0.25) is 10.2 Å². The molecule has 0 saturated heterocycles. The normalized spacial score (nSPS) is 37.1. The summed E-state index contributed by atoms with van der Waals surface area (Å²) in [5, 5.41) is 12.3. The second-order valence-corrected chi connectivity index (χ2v) is 14.1. The monoisotopic (exact) mass is 574 g/mol. The lowest BCUT2D eigenvalue weighted by Gasteiger charge is -2.43. The smallest absolute Gasteiger partial charge is 0.223 e. The molecule has 1 aromatic rings. The van der Waals surface area contributed by atoms with Crippen LogP contribution in [0.4, 0.5) is 4.39 Å². The van der Waals surface area contributed by atoms with Gasteiger partial charge in [0, 0.05) is 51.7 Å². The Morgan fingerprint density at radius 1 is 0.927 bits per heavy atom. The largest absolute Gasteiger partial charge is 0.381 e. The number of hydrogen-bond donors (Lipinski definition) is 2. The lowest BCUT2D eigenvalue weighted by molar-refractivity contribution is -0.128. The topological polar surface area (TPSA) is 81.3 Å². The van der Waals surface area contributed by atoms with Crippen LogP contribution in [0.1, 0.15) is 103 Å². The van der Waals surface area contributed by atoms with E-state index in [0.29, 0.717) is 60.6 Å². The average molecular weight is 575 g/mol. The SMILES string of the molecule is COC1CC(CNC(=O)C2CC(Cn3ccn(C4CCCCC4)c3=N)CC(C3CCC(F)CC3C)C2)CC(OC)C1. The van der Waals surface area contributed by atoms with E-state index in [1.165, 1.54) is 32.1 Å². The number of imidazole rings is 1. The summed E-state index contributed by atoms with van der Waals surface area (Å²) in [6.07, 6.45) is 18.0. The van der Waals surface area contributed by atoms with Gasteiger partial charge in [-0.1, -0.05) is 26.2 Å². The number of amides is 1. The Labute approximate surface area is 246 Å². The maximum atomic E-state index is 14.2. The highest BCUT2D eigenvalue weighted by Crippen LogP contribution is 2.45. The zero-order valence-electron chi connectivity index (χ0n) is 25.7. The van der Waals surface area contributed by atoms with Gasteiger partial charge in [0.25, 0.3) is 0 Å². The van der Waals surface area contributed by atoms with Crippen molar-refractivity contribution >= 4 is 5.91 Å². The lowest BCUT2D eigenvalue weighted by Crippen LogP contribution is -2.44. The van der Waals surface area contributed by atoms with Crippen molar-refractivity contribution in [1.29, 1.82) is 5.41 Å². The molecule has 0 aliphatic heterocycles. The quantitative estimate of drug-likeness (QED) is 0.378. The molecule has 1 aromatic heterocycles. The van der Waals surface area contributed by atoms with Gasteiger partial charge >= 0.3 is 0 Å². The molecule has 8 atom stereocenters. The van der Waals surface area contributed by atoms with Crippen LogP contribution in [-0.4, -0.2) is 54.2 Å². The van der Waals surface area contributed by atoms with Crippen LogP contribution in [0.25, 0.3) is 0 Å². The molecule has 2 N–H and O–H groups in total.